The van der Waals surface area contributed by atoms with Crippen molar-refractivity contribution >= 4 is 16.7 Å². The lowest BCUT2D eigenvalue weighted by molar-refractivity contribution is -0.286. The Morgan fingerprint density at radius 3 is 2.70 bits per heavy atom. The number of aliphatic hydroxyl groups is 2. The highest BCUT2D eigenvalue weighted by atomic mass is 19.3. The lowest BCUT2D eigenvalue weighted by Gasteiger charge is -2.26. The third-order valence-corrected chi connectivity index (χ3v) is 6.91. The summed E-state index contributed by atoms with van der Waals surface area (Å²) in [4.78, 5) is 13.7. The molecule has 1 unspecified atom stereocenters. The molecule has 1 saturated carbocycles. The van der Waals surface area contributed by atoms with Gasteiger partial charge in [0.15, 0.2) is 11.5 Å². The zero-order valence-corrected chi connectivity index (χ0v) is 20.0. The number of ketones is 1. The summed E-state index contributed by atoms with van der Waals surface area (Å²) < 4.78 is 127. The Hall–Kier alpha value is -3.04. The molecule has 2 heterocycles. The molecule has 2 N–H and O–H groups in total. The fourth-order valence-corrected chi connectivity index (χ4v) is 4.57. The van der Waals surface area contributed by atoms with E-state index < -0.39 is 97.2 Å². The highest BCUT2D eigenvalue weighted by molar-refractivity contribution is 5.95. The van der Waals surface area contributed by atoms with Gasteiger partial charge in [0.05, 0.1) is 35.6 Å². The van der Waals surface area contributed by atoms with Crippen LogP contribution in [0.25, 0.3) is 10.9 Å². The van der Waals surface area contributed by atoms with Gasteiger partial charge in [-0.2, -0.15) is 0 Å². The van der Waals surface area contributed by atoms with Crippen LogP contribution in [-0.2, 0) is 28.6 Å². The van der Waals surface area contributed by atoms with Crippen LogP contribution in [0.3, 0.4) is 0 Å². The van der Waals surface area contributed by atoms with Crippen molar-refractivity contribution in [1.29, 1.82) is 0 Å². The van der Waals surface area contributed by atoms with E-state index in [0.717, 1.165) is 24.5 Å². The lowest BCUT2D eigenvalue weighted by atomic mass is 9.86. The van der Waals surface area contributed by atoms with E-state index in [1.807, 2.05) is 0 Å². The second kappa shape index (κ2) is 8.77. The molecule has 1 aromatic heterocycles. The van der Waals surface area contributed by atoms with Crippen molar-refractivity contribution in [2.45, 2.75) is 76.1 Å². The van der Waals surface area contributed by atoms with Crippen LogP contribution >= 0.6 is 0 Å². The van der Waals surface area contributed by atoms with Crippen molar-refractivity contribution in [2.75, 3.05) is 6.61 Å². The van der Waals surface area contributed by atoms with Gasteiger partial charge in [-0.1, -0.05) is 26.7 Å². The minimum atomic E-state index is -4.17. The predicted molar refractivity (Wildman–Crippen MR) is 131 cm³/mol. The average molecular weight is 527 g/mol. The quantitative estimate of drug-likeness (QED) is 0.411. The number of Topliss-reactive ketones (excluding diaryl/α,β-unsaturated/α-hetero) is 1. The zero-order chi connectivity index (χ0) is 34.6. The Morgan fingerprint density at radius 2 is 2.05 bits per heavy atom. The monoisotopic (exact) mass is 526 g/mol. The van der Waals surface area contributed by atoms with Crippen molar-refractivity contribution < 1.29 is 50.0 Å². The number of benzene rings is 2. The second-order valence-corrected chi connectivity index (χ2v) is 9.48. The van der Waals surface area contributed by atoms with Crippen LogP contribution in [0.1, 0.15) is 69.1 Å². The van der Waals surface area contributed by atoms with E-state index in [0.29, 0.717) is 0 Å². The van der Waals surface area contributed by atoms with Crippen molar-refractivity contribution in [2.24, 2.45) is 0 Å². The van der Waals surface area contributed by atoms with Gasteiger partial charge < -0.3 is 24.3 Å². The number of ether oxygens (including phenoxy) is 2. The molecule has 9 heteroatoms. The van der Waals surface area contributed by atoms with Crippen LogP contribution in [0.5, 0.6) is 11.5 Å². The van der Waals surface area contributed by atoms with Crippen LogP contribution in [0.15, 0.2) is 36.3 Å². The fourth-order valence-electron chi connectivity index (χ4n) is 4.57. The van der Waals surface area contributed by atoms with Gasteiger partial charge in [0.1, 0.15) is 11.6 Å². The van der Waals surface area contributed by atoms with Crippen LogP contribution in [0.2, 0.25) is 0 Å². The molecule has 2 aromatic carbocycles. The molecule has 37 heavy (non-hydrogen) atoms. The largest absolute Gasteiger partial charge is 0.586 e. The average Bonchev–Trinajstić information content (AvgIpc) is 3.56. The minimum absolute atomic E-state index is 0.0545. The molecule has 2 atom stereocenters. The molecular weight excluding hydrogens is 487 g/mol. The summed E-state index contributed by atoms with van der Waals surface area (Å²) in [6.07, 6.45) is -9.62. The summed E-state index contributed by atoms with van der Waals surface area (Å²) in [5, 5.41) is 20.0. The SMILES string of the molecule is [2H]c1c([2H])c(C2(C(=O)Cc3cc4cc(C(C)(C([2H])([2H])[2H])C([2H])([2H])C)n(C[C@]([2H])(O)CO)c4cc3F)CC2)c([2H])c2c1OC(F)(F)O2. The number of alkyl halides is 2. The number of aliphatic hydroxyl groups excluding tert-OH is 1. The summed E-state index contributed by atoms with van der Waals surface area (Å²) in [7, 11) is 0. The van der Waals surface area contributed by atoms with E-state index in [1.165, 1.54) is 12.1 Å². The summed E-state index contributed by atoms with van der Waals surface area (Å²) in [5.74, 6) is -3.24. The van der Waals surface area contributed by atoms with Gasteiger partial charge in [0.2, 0.25) is 0 Å². The molecule has 0 spiro atoms. The molecule has 1 aliphatic carbocycles. The van der Waals surface area contributed by atoms with Crippen LogP contribution in [0, 0.1) is 5.82 Å². The molecule has 3 aromatic rings. The standard InChI is InChI=1S/C28H30F3NO5/c1-4-26(2,3)24-10-17-9-16(20(29)13-21(17)32(24)14-19(34)15-33)11-25(35)27(7-8-27)18-5-6-22-23(12-18)37-28(30,31)36-22/h5-6,9-10,12-13,19,33-34H,4,7-8,11,14-15H2,1-3H3/t19-/m0/s1/i2D3,4D2,5D,6D,12D,19D/t19-,26?. The fraction of sp³-hybridized carbons (Fsp3) is 0.464. The highest BCUT2D eigenvalue weighted by Gasteiger charge is 2.52. The van der Waals surface area contributed by atoms with Gasteiger partial charge in [-0.25, -0.2) is 4.39 Å². The van der Waals surface area contributed by atoms with E-state index >= 15 is 4.39 Å². The molecule has 0 radical (unpaired) electrons. The van der Waals surface area contributed by atoms with Crippen LogP contribution in [-0.4, -0.2) is 39.5 Å². The van der Waals surface area contributed by atoms with Gasteiger partial charge in [-0.3, -0.25) is 4.79 Å². The number of carbonyl (C=O) groups is 1. The Kier molecular flexibility index (Phi) is 3.97. The normalized spacial score (nSPS) is 24.7. The van der Waals surface area contributed by atoms with Gasteiger partial charge in [-0.05, 0) is 60.6 Å². The van der Waals surface area contributed by atoms with Crippen LogP contribution < -0.4 is 9.47 Å². The number of aromatic nitrogens is 1. The van der Waals surface area contributed by atoms with Gasteiger partial charge in [-0.15, -0.1) is 8.78 Å². The first-order valence-corrected chi connectivity index (χ1v) is 11.5. The number of halogens is 3. The Morgan fingerprint density at radius 1 is 1.32 bits per heavy atom. The number of fused-ring (bicyclic) bond motifs is 2. The second-order valence-electron chi connectivity index (χ2n) is 9.48. The van der Waals surface area contributed by atoms with Crippen molar-refractivity contribution in [3.05, 3.63) is 59.0 Å². The van der Waals surface area contributed by atoms with Crippen LogP contribution in [0.4, 0.5) is 13.2 Å². The molecule has 1 aliphatic heterocycles. The number of rotatable bonds is 9. The lowest BCUT2D eigenvalue weighted by Crippen LogP contribution is -2.26. The highest BCUT2D eigenvalue weighted by Crippen LogP contribution is 2.52. The van der Waals surface area contributed by atoms with E-state index in [2.05, 4.69) is 9.47 Å². The minimum Gasteiger partial charge on any atom is -0.395 e. The van der Waals surface area contributed by atoms with Gasteiger partial charge in [0.25, 0.3) is 0 Å². The molecule has 0 amide bonds. The number of nitrogens with zero attached hydrogens (tertiary/aromatic N) is 1. The van der Waals surface area contributed by atoms with Gasteiger partial charge in [0, 0.05) is 29.8 Å². The number of hydrogen-bond acceptors (Lipinski definition) is 5. The Labute approximate surface area is 225 Å². The maximum absolute atomic E-state index is 15.7. The Bertz CT molecular complexity index is 1750. The van der Waals surface area contributed by atoms with Crippen molar-refractivity contribution in [3.8, 4) is 11.5 Å². The number of carbonyl (C=O) groups excluding carboxylic acids is 1. The molecule has 6 nitrogen and oxygen atoms in total. The molecule has 1 fully saturated rings. The first-order valence-electron chi connectivity index (χ1n) is 16.0. The van der Waals surface area contributed by atoms with Crippen molar-refractivity contribution in [3.63, 3.8) is 0 Å². The van der Waals surface area contributed by atoms with Crippen molar-refractivity contribution in [1.82, 2.24) is 4.57 Å². The summed E-state index contributed by atoms with van der Waals surface area (Å²) >= 11 is 0. The summed E-state index contributed by atoms with van der Waals surface area (Å²) in [6.45, 7) is -2.66. The zero-order valence-electron chi connectivity index (χ0n) is 29.0. The summed E-state index contributed by atoms with van der Waals surface area (Å²) in [5.41, 5.74) is -4.65. The van der Waals surface area contributed by atoms with E-state index in [1.54, 1.807) is 0 Å². The molecular formula is C28H30F3NO5. The molecule has 0 bridgehead atoms. The smallest absolute Gasteiger partial charge is 0.395 e. The maximum atomic E-state index is 15.7. The third kappa shape index (κ3) is 4.48. The van der Waals surface area contributed by atoms with E-state index in [9.17, 15) is 23.8 Å². The molecule has 5 rings (SSSR count). The molecule has 2 aliphatic rings. The Balaban J connectivity index is 1.61. The molecule has 198 valence electrons. The third-order valence-electron chi connectivity index (χ3n) is 6.91. The van der Waals surface area contributed by atoms with E-state index in [4.69, 9.17) is 12.3 Å². The first-order chi connectivity index (χ1) is 20.9. The maximum Gasteiger partial charge on any atom is 0.586 e. The predicted octanol–water partition coefficient (Wildman–Crippen LogP) is 4.99. The number of hydrogen-bond donors (Lipinski definition) is 2. The van der Waals surface area contributed by atoms with Gasteiger partial charge >= 0.3 is 6.29 Å². The molecule has 0 saturated heterocycles. The first kappa shape index (κ1) is 16.7. The van der Waals surface area contributed by atoms with E-state index in [-0.39, 0.29) is 40.6 Å². The summed E-state index contributed by atoms with van der Waals surface area (Å²) in [6, 6.07) is 1.19. The topological polar surface area (TPSA) is 80.9 Å².